The second-order valence-electron chi connectivity index (χ2n) is 8.01. The number of amides is 1. The molecule has 0 saturated heterocycles. The molecule has 1 amide bonds. The Labute approximate surface area is 201 Å². The lowest BCUT2D eigenvalue weighted by Gasteiger charge is -2.33. The molecule has 34 heavy (non-hydrogen) atoms. The van der Waals surface area contributed by atoms with Crippen LogP contribution in [0.4, 0.5) is 5.13 Å². The minimum atomic E-state index is -0.769. The number of carbonyl (C=O) groups excluding carboxylic acids is 1. The minimum absolute atomic E-state index is 0.170. The van der Waals surface area contributed by atoms with E-state index in [9.17, 15) is 4.79 Å². The third-order valence-electron chi connectivity index (χ3n) is 5.60. The van der Waals surface area contributed by atoms with E-state index in [0.717, 1.165) is 28.9 Å². The molecule has 0 saturated carbocycles. The van der Waals surface area contributed by atoms with Gasteiger partial charge in [0.1, 0.15) is 11.9 Å². The summed E-state index contributed by atoms with van der Waals surface area (Å²) in [5, 5.41) is 0.633. The third-order valence-corrected chi connectivity index (χ3v) is 6.64. The van der Waals surface area contributed by atoms with Gasteiger partial charge in [0.15, 0.2) is 16.6 Å². The molecule has 176 valence electrons. The average molecular weight is 479 g/mol. The van der Waals surface area contributed by atoms with Gasteiger partial charge in [-0.25, -0.2) is 9.97 Å². The molecule has 8 nitrogen and oxygen atoms in total. The summed E-state index contributed by atoms with van der Waals surface area (Å²) < 4.78 is 20.7. The van der Waals surface area contributed by atoms with Crippen LogP contribution in [0.15, 0.2) is 61.2 Å². The van der Waals surface area contributed by atoms with Gasteiger partial charge in [0.05, 0.1) is 23.2 Å². The maximum Gasteiger partial charge on any atom is 0.273 e. The Morgan fingerprint density at radius 1 is 1.21 bits per heavy atom. The second-order valence-corrected chi connectivity index (χ2v) is 9.02. The fraction of sp³-hybridized carbons (Fsp3) is 0.320. The quantitative estimate of drug-likeness (QED) is 0.370. The second kappa shape index (κ2) is 9.72. The molecular formula is C25H26N4O4S. The van der Waals surface area contributed by atoms with Gasteiger partial charge in [0.25, 0.3) is 5.91 Å². The smallest absolute Gasteiger partial charge is 0.273 e. The van der Waals surface area contributed by atoms with Crippen molar-refractivity contribution in [2.75, 3.05) is 18.1 Å². The lowest BCUT2D eigenvalue weighted by Crippen LogP contribution is -2.51. The molecule has 2 unspecified atom stereocenters. The summed E-state index contributed by atoms with van der Waals surface area (Å²) >= 11 is 1.47. The van der Waals surface area contributed by atoms with Crippen LogP contribution in [0.2, 0.25) is 0 Å². The number of para-hydroxylation sites is 2. The zero-order valence-electron chi connectivity index (χ0n) is 19.1. The van der Waals surface area contributed by atoms with Crippen LogP contribution in [0.1, 0.15) is 20.3 Å². The number of fused-ring (bicyclic) bond motifs is 2. The molecule has 2 atom stereocenters. The number of carbonyl (C=O) groups is 1. The Hall–Kier alpha value is -3.59. The van der Waals surface area contributed by atoms with E-state index in [2.05, 4.69) is 4.98 Å². The number of benzene rings is 2. The molecule has 0 aliphatic carbocycles. The van der Waals surface area contributed by atoms with Crippen molar-refractivity contribution in [1.29, 1.82) is 0 Å². The summed E-state index contributed by atoms with van der Waals surface area (Å²) in [5.74, 6) is 1.84. The number of nitrogens with zero attached hydrogens (tertiary/aromatic N) is 4. The van der Waals surface area contributed by atoms with Gasteiger partial charge < -0.3 is 18.8 Å². The molecule has 0 bridgehead atoms. The first kappa shape index (κ1) is 22.2. The topological polar surface area (TPSA) is 78.7 Å². The molecule has 3 heterocycles. The number of aromatic nitrogens is 3. The fourth-order valence-electron chi connectivity index (χ4n) is 3.94. The van der Waals surface area contributed by atoms with E-state index in [1.807, 2.05) is 67.1 Å². The van der Waals surface area contributed by atoms with Gasteiger partial charge in [0, 0.05) is 25.5 Å². The Morgan fingerprint density at radius 3 is 2.79 bits per heavy atom. The first-order valence-corrected chi connectivity index (χ1v) is 12.2. The highest BCUT2D eigenvalue weighted by Crippen LogP contribution is 2.36. The lowest BCUT2D eigenvalue weighted by atomic mass is 10.1. The van der Waals surface area contributed by atoms with E-state index in [0.29, 0.717) is 29.8 Å². The van der Waals surface area contributed by atoms with Crippen molar-refractivity contribution in [2.24, 2.45) is 0 Å². The van der Waals surface area contributed by atoms with E-state index in [4.69, 9.17) is 19.2 Å². The molecule has 4 aromatic rings. The molecule has 0 N–H and O–H groups in total. The number of rotatable bonds is 8. The van der Waals surface area contributed by atoms with Crippen LogP contribution in [-0.4, -0.2) is 45.8 Å². The van der Waals surface area contributed by atoms with E-state index in [1.165, 1.54) is 11.3 Å². The molecule has 0 spiro atoms. The third kappa shape index (κ3) is 4.56. The number of hydrogen-bond donors (Lipinski definition) is 0. The molecule has 1 aliphatic rings. The largest absolute Gasteiger partial charge is 0.494 e. The summed E-state index contributed by atoms with van der Waals surface area (Å²) in [6.07, 6.45) is 4.97. The maximum atomic E-state index is 13.8. The van der Waals surface area contributed by atoms with E-state index in [-0.39, 0.29) is 5.91 Å². The number of ether oxygens (including phenoxy) is 3. The van der Waals surface area contributed by atoms with Gasteiger partial charge in [-0.15, -0.1) is 0 Å². The monoisotopic (exact) mass is 478 g/mol. The van der Waals surface area contributed by atoms with Gasteiger partial charge in [-0.1, -0.05) is 23.5 Å². The number of imidazole rings is 1. The molecule has 0 radical (unpaired) electrons. The minimum Gasteiger partial charge on any atom is -0.494 e. The van der Waals surface area contributed by atoms with Crippen LogP contribution < -0.4 is 19.1 Å². The van der Waals surface area contributed by atoms with Gasteiger partial charge in [0.2, 0.25) is 6.10 Å². The van der Waals surface area contributed by atoms with Crippen molar-refractivity contribution in [1.82, 2.24) is 14.5 Å². The predicted molar refractivity (Wildman–Crippen MR) is 131 cm³/mol. The van der Waals surface area contributed by atoms with Crippen LogP contribution in [-0.2, 0) is 11.3 Å². The zero-order valence-corrected chi connectivity index (χ0v) is 19.9. The average Bonchev–Trinajstić information content (AvgIpc) is 3.51. The highest BCUT2D eigenvalue weighted by atomic mass is 32.1. The molecule has 1 aliphatic heterocycles. The number of hydrogen-bond acceptors (Lipinski definition) is 7. The summed E-state index contributed by atoms with van der Waals surface area (Å²) in [5.41, 5.74) is 0.829. The van der Waals surface area contributed by atoms with Gasteiger partial charge >= 0.3 is 0 Å². The summed E-state index contributed by atoms with van der Waals surface area (Å²) in [6, 6.07) is 13.2. The Bertz CT molecular complexity index is 1270. The van der Waals surface area contributed by atoms with Gasteiger partial charge in [-0.3, -0.25) is 9.69 Å². The zero-order chi connectivity index (χ0) is 23.5. The number of aryl methyl sites for hydroxylation is 1. The lowest BCUT2D eigenvalue weighted by molar-refractivity contribution is -0.130. The van der Waals surface area contributed by atoms with Crippen molar-refractivity contribution in [3.8, 4) is 17.2 Å². The molecular weight excluding hydrogens is 452 g/mol. The van der Waals surface area contributed by atoms with Crippen molar-refractivity contribution >= 4 is 32.6 Å². The highest BCUT2D eigenvalue weighted by molar-refractivity contribution is 7.22. The normalized spacial score (nSPS) is 17.0. The van der Waals surface area contributed by atoms with Gasteiger partial charge in [-0.2, -0.15) is 0 Å². The Kier molecular flexibility index (Phi) is 6.35. The molecule has 9 heteroatoms. The highest BCUT2D eigenvalue weighted by Gasteiger charge is 2.38. The van der Waals surface area contributed by atoms with Gasteiger partial charge in [-0.05, 0) is 50.6 Å². The van der Waals surface area contributed by atoms with Crippen molar-refractivity contribution in [3.63, 3.8) is 0 Å². The van der Waals surface area contributed by atoms with E-state index >= 15 is 0 Å². The first-order valence-electron chi connectivity index (χ1n) is 11.3. The SMILES string of the molecule is CCOc1ccc2nc(N(CCCn3ccnc3)C(=O)C3Oc4ccccc4OC3C)sc2c1. The first-order chi connectivity index (χ1) is 16.6. The Balaban J connectivity index is 1.43. The number of thiazole rings is 1. The summed E-state index contributed by atoms with van der Waals surface area (Å²) in [7, 11) is 0. The molecule has 2 aromatic heterocycles. The Morgan fingerprint density at radius 2 is 2.03 bits per heavy atom. The molecule has 5 rings (SSSR count). The summed E-state index contributed by atoms with van der Waals surface area (Å²) in [4.78, 5) is 24.4. The predicted octanol–water partition coefficient (Wildman–Crippen LogP) is 4.54. The number of anilines is 1. The van der Waals surface area contributed by atoms with Crippen LogP contribution in [0.3, 0.4) is 0 Å². The standard InChI is InChI=1S/C25H26N4O4S/c1-3-31-18-9-10-19-22(15-18)34-25(27-19)29(13-6-12-28-14-11-26-16-28)24(30)23-17(2)32-20-7-4-5-8-21(20)33-23/h4-5,7-11,14-17,23H,3,6,12-13H2,1-2H3. The summed E-state index contributed by atoms with van der Waals surface area (Å²) in [6.45, 7) is 5.63. The van der Waals surface area contributed by atoms with Crippen LogP contribution in [0, 0.1) is 0 Å². The maximum absolute atomic E-state index is 13.8. The van der Waals surface area contributed by atoms with Crippen LogP contribution in [0.25, 0.3) is 10.2 Å². The van der Waals surface area contributed by atoms with Crippen LogP contribution >= 0.6 is 11.3 Å². The van der Waals surface area contributed by atoms with E-state index in [1.54, 1.807) is 17.4 Å². The van der Waals surface area contributed by atoms with Crippen molar-refractivity contribution in [2.45, 2.75) is 39.0 Å². The molecule has 0 fully saturated rings. The van der Waals surface area contributed by atoms with Crippen molar-refractivity contribution < 1.29 is 19.0 Å². The fourth-order valence-corrected chi connectivity index (χ4v) is 4.97. The van der Waals surface area contributed by atoms with Crippen LogP contribution in [0.5, 0.6) is 17.2 Å². The van der Waals surface area contributed by atoms with Crippen molar-refractivity contribution in [3.05, 3.63) is 61.2 Å². The van der Waals surface area contributed by atoms with E-state index < -0.39 is 12.2 Å². The molecule has 2 aromatic carbocycles.